The van der Waals surface area contributed by atoms with Crippen molar-refractivity contribution < 1.29 is 4.39 Å². The molecule has 0 aromatic heterocycles. The molecule has 18 heavy (non-hydrogen) atoms. The van der Waals surface area contributed by atoms with Crippen LogP contribution in [0.1, 0.15) is 24.1 Å². The molecule has 2 unspecified atom stereocenters. The van der Waals surface area contributed by atoms with Crippen LogP contribution in [0.25, 0.3) is 0 Å². The van der Waals surface area contributed by atoms with E-state index >= 15 is 0 Å². The molecule has 0 aliphatic carbocycles. The second-order valence-electron chi connectivity index (χ2n) is 4.72. The van der Waals surface area contributed by atoms with E-state index in [0.717, 1.165) is 16.9 Å². The van der Waals surface area contributed by atoms with Crippen molar-refractivity contribution in [1.29, 1.82) is 0 Å². The summed E-state index contributed by atoms with van der Waals surface area (Å²) in [4.78, 5) is 2.27. The molecule has 1 aromatic carbocycles. The fourth-order valence-electron chi connectivity index (χ4n) is 2.19. The number of halogens is 1. The number of hydrogen-bond donors (Lipinski definition) is 1. The van der Waals surface area contributed by atoms with Crippen molar-refractivity contribution in [2.75, 3.05) is 25.6 Å². The molecule has 0 fully saturated rings. The van der Waals surface area contributed by atoms with E-state index in [4.69, 9.17) is 5.73 Å². The highest BCUT2D eigenvalue weighted by Gasteiger charge is 2.21. The maximum absolute atomic E-state index is 13.1. The molecule has 1 aromatic rings. The van der Waals surface area contributed by atoms with Crippen LogP contribution >= 0.6 is 11.8 Å². The highest BCUT2D eigenvalue weighted by Crippen LogP contribution is 2.25. The summed E-state index contributed by atoms with van der Waals surface area (Å²) in [5.41, 5.74) is 7.99. The summed E-state index contributed by atoms with van der Waals surface area (Å²) in [5, 5.41) is 0. The topological polar surface area (TPSA) is 29.3 Å². The van der Waals surface area contributed by atoms with Gasteiger partial charge in [-0.25, -0.2) is 4.39 Å². The minimum absolute atomic E-state index is 0.146. The van der Waals surface area contributed by atoms with Gasteiger partial charge in [0.15, 0.2) is 0 Å². The smallest absolute Gasteiger partial charge is 0.123 e. The standard InChI is InChI=1S/C14H23FN2S/c1-10-7-12(15)5-6-13(10)14(8-16)17(3)11(2)9-18-4/h5-7,11,14H,8-9,16H2,1-4H3. The van der Waals surface area contributed by atoms with Crippen LogP contribution in [0.15, 0.2) is 18.2 Å². The van der Waals surface area contributed by atoms with Gasteiger partial charge in [0.25, 0.3) is 0 Å². The number of benzene rings is 1. The molecule has 0 saturated carbocycles. The van der Waals surface area contributed by atoms with Crippen LogP contribution < -0.4 is 5.73 Å². The first kappa shape index (κ1) is 15.5. The number of aryl methyl sites for hydroxylation is 1. The van der Waals surface area contributed by atoms with E-state index in [2.05, 4.69) is 25.1 Å². The van der Waals surface area contributed by atoms with Gasteiger partial charge in [-0.15, -0.1) is 0 Å². The highest BCUT2D eigenvalue weighted by atomic mass is 32.2. The number of hydrogen-bond acceptors (Lipinski definition) is 3. The molecular weight excluding hydrogens is 247 g/mol. The fourth-order valence-corrected chi connectivity index (χ4v) is 2.91. The quantitative estimate of drug-likeness (QED) is 0.862. The number of nitrogens with two attached hydrogens (primary N) is 1. The van der Waals surface area contributed by atoms with Gasteiger partial charge in [-0.2, -0.15) is 11.8 Å². The first-order valence-corrected chi connectivity index (χ1v) is 7.57. The molecule has 2 N–H and O–H groups in total. The summed E-state index contributed by atoms with van der Waals surface area (Å²) in [6.07, 6.45) is 2.10. The number of thioether (sulfide) groups is 1. The molecule has 0 amide bonds. The molecule has 2 atom stereocenters. The van der Waals surface area contributed by atoms with E-state index in [1.807, 2.05) is 24.8 Å². The lowest BCUT2D eigenvalue weighted by atomic mass is 9.99. The van der Waals surface area contributed by atoms with E-state index in [1.54, 1.807) is 6.07 Å². The third-order valence-electron chi connectivity index (χ3n) is 3.41. The van der Waals surface area contributed by atoms with Gasteiger partial charge in [0, 0.05) is 24.4 Å². The van der Waals surface area contributed by atoms with Crippen LogP contribution in [-0.4, -0.2) is 36.5 Å². The van der Waals surface area contributed by atoms with Gasteiger partial charge >= 0.3 is 0 Å². The fraction of sp³-hybridized carbons (Fsp3) is 0.571. The van der Waals surface area contributed by atoms with Gasteiger partial charge in [-0.05, 0) is 50.4 Å². The van der Waals surface area contributed by atoms with Gasteiger partial charge in [-0.3, -0.25) is 4.90 Å². The molecule has 0 heterocycles. The minimum atomic E-state index is -0.188. The van der Waals surface area contributed by atoms with E-state index in [0.29, 0.717) is 12.6 Å². The second-order valence-corrected chi connectivity index (χ2v) is 5.63. The number of nitrogens with zero attached hydrogens (tertiary/aromatic N) is 1. The third kappa shape index (κ3) is 3.70. The van der Waals surface area contributed by atoms with Crippen LogP contribution in [0.3, 0.4) is 0 Å². The Labute approximate surface area is 114 Å². The predicted octanol–water partition coefficient (Wildman–Crippen LogP) is 2.82. The maximum atomic E-state index is 13.1. The summed E-state index contributed by atoms with van der Waals surface area (Å²) in [5.74, 6) is 0.875. The Morgan fingerprint density at radius 2 is 2.11 bits per heavy atom. The van der Waals surface area contributed by atoms with Gasteiger partial charge < -0.3 is 5.73 Å². The van der Waals surface area contributed by atoms with Gasteiger partial charge in [0.05, 0.1) is 0 Å². The Hall–Kier alpha value is -0.580. The maximum Gasteiger partial charge on any atom is 0.123 e. The molecular formula is C14H23FN2S. The van der Waals surface area contributed by atoms with Gasteiger partial charge in [0.1, 0.15) is 5.82 Å². The van der Waals surface area contributed by atoms with E-state index < -0.39 is 0 Å². The zero-order chi connectivity index (χ0) is 13.7. The predicted molar refractivity (Wildman–Crippen MR) is 78.5 cm³/mol. The van der Waals surface area contributed by atoms with Crippen molar-refractivity contribution in [3.8, 4) is 0 Å². The van der Waals surface area contributed by atoms with Crippen molar-refractivity contribution in [3.63, 3.8) is 0 Å². The molecule has 0 spiro atoms. The summed E-state index contributed by atoms with van der Waals surface area (Å²) >= 11 is 1.83. The monoisotopic (exact) mass is 270 g/mol. The molecule has 0 radical (unpaired) electrons. The van der Waals surface area contributed by atoms with Crippen molar-refractivity contribution in [2.45, 2.75) is 25.9 Å². The van der Waals surface area contributed by atoms with Gasteiger partial charge in [-0.1, -0.05) is 6.07 Å². The Balaban J connectivity index is 2.94. The molecule has 0 saturated heterocycles. The Morgan fingerprint density at radius 1 is 1.44 bits per heavy atom. The highest BCUT2D eigenvalue weighted by molar-refractivity contribution is 7.98. The van der Waals surface area contributed by atoms with E-state index in [1.165, 1.54) is 6.07 Å². The lowest BCUT2D eigenvalue weighted by molar-refractivity contribution is 0.203. The Bertz CT molecular complexity index is 384. The van der Waals surface area contributed by atoms with Crippen molar-refractivity contribution in [3.05, 3.63) is 35.1 Å². The first-order valence-electron chi connectivity index (χ1n) is 6.18. The van der Waals surface area contributed by atoms with Crippen LogP contribution in [0.4, 0.5) is 4.39 Å². The zero-order valence-corrected chi connectivity index (χ0v) is 12.4. The van der Waals surface area contributed by atoms with Crippen LogP contribution in [0.2, 0.25) is 0 Å². The van der Waals surface area contributed by atoms with Gasteiger partial charge in [0.2, 0.25) is 0 Å². The molecule has 1 rings (SSSR count). The normalized spacial score (nSPS) is 14.8. The Morgan fingerprint density at radius 3 is 2.61 bits per heavy atom. The van der Waals surface area contributed by atoms with Crippen molar-refractivity contribution in [2.24, 2.45) is 5.73 Å². The summed E-state index contributed by atoms with van der Waals surface area (Å²) in [6, 6.07) is 5.53. The minimum Gasteiger partial charge on any atom is -0.329 e. The lowest BCUT2D eigenvalue weighted by Gasteiger charge is -2.33. The van der Waals surface area contributed by atoms with E-state index in [-0.39, 0.29) is 11.9 Å². The van der Waals surface area contributed by atoms with Crippen molar-refractivity contribution >= 4 is 11.8 Å². The number of likely N-dealkylation sites (N-methyl/N-ethyl adjacent to an activating group) is 1. The Kier molecular flexibility index (Phi) is 6.12. The molecule has 0 bridgehead atoms. The molecule has 2 nitrogen and oxygen atoms in total. The third-order valence-corrected chi connectivity index (χ3v) is 4.22. The van der Waals surface area contributed by atoms with E-state index in [9.17, 15) is 4.39 Å². The summed E-state index contributed by atoms with van der Waals surface area (Å²) < 4.78 is 13.1. The second kappa shape index (κ2) is 7.12. The molecule has 4 heteroatoms. The van der Waals surface area contributed by atoms with Crippen LogP contribution in [-0.2, 0) is 0 Å². The molecule has 102 valence electrons. The summed E-state index contributed by atoms with van der Waals surface area (Å²) in [7, 11) is 2.08. The molecule has 0 aliphatic heterocycles. The molecule has 0 aliphatic rings. The van der Waals surface area contributed by atoms with Crippen LogP contribution in [0.5, 0.6) is 0 Å². The average molecular weight is 270 g/mol. The lowest BCUT2D eigenvalue weighted by Crippen LogP contribution is -2.38. The number of rotatable bonds is 6. The first-order chi connectivity index (χ1) is 8.51. The summed E-state index contributed by atoms with van der Waals surface area (Å²) in [6.45, 7) is 4.67. The largest absolute Gasteiger partial charge is 0.329 e. The van der Waals surface area contributed by atoms with Crippen LogP contribution in [0, 0.1) is 12.7 Å². The van der Waals surface area contributed by atoms with Crippen molar-refractivity contribution in [1.82, 2.24) is 4.90 Å². The zero-order valence-electron chi connectivity index (χ0n) is 11.6. The SMILES string of the molecule is CSCC(C)N(C)C(CN)c1ccc(F)cc1C. The average Bonchev–Trinajstić information content (AvgIpc) is 2.32.